The highest BCUT2D eigenvalue weighted by molar-refractivity contribution is 7.92. The molecule has 0 spiro atoms. The standard InChI is InChI=1S/C14H18N2O5S2/c1-14(2)11-7-10(3-4-12(11)15-13(14)17)23(20,21)16-9-5-6-22(18,19)8-9/h3-4,7,9,16H,5-6,8H2,1-2H3,(H,15,17)/t9-/m1/s1. The Labute approximate surface area is 135 Å². The minimum absolute atomic E-state index is 0.00414. The zero-order valence-corrected chi connectivity index (χ0v) is 14.4. The lowest BCUT2D eigenvalue weighted by atomic mass is 9.86. The van der Waals surface area contributed by atoms with Crippen molar-refractivity contribution in [3.05, 3.63) is 23.8 Å². The van der Waals surface area contributed by atoms with Gasteiger partial charge in [0.1, 0.15) is 0 Å². The molecule has 3 rings (SSSR count). The van der Waals surface area contributed by atoms with E-state index in [-0.39, 0.29) is 28.7 Å². The summed E-state index contributed by atoms with van der Waals surface area (Å²) in [6.45, 7) is 3.45. The second-order valence-corrected chi connectivity index (χ2v) is 10.5. The van der Waals surface area contributed by atoms with E-state index in [2.05, 4.69) is 10.0 Å². The van der Waals surface area contributed by atoms with Crippen molar-refractivity contribution >= 4 is 31.5 Å². The molecule has 1 atom stereocenters. The van der Waals surface area contributed by atoms with Crippen molar-refractivity contribution < 1.29 is 21.6 Å². The number of rotatable bonds is 3. The van der Waals surface area contributed by atoms with Gasteiger partial charge in [-0.1, -0.05) is 0 Å². The molecule has 9 heteroatoms. The van der Waals surface area contributed by atoms with Crippen molar-refractivity contribution in [2.24, 2.45) is 0 Å². The van der Waals surface area contributed by atoms with Crippen LogP contribution in [0.25, 0.3) is 0 Å². The van der Waals surface area contributed by atoms with Crippen LogP contribution in [0, 0.1) is 0 Å². The molecule has 2 N–H and O–H groups in total. The average molecular weight is 358 g/mol. The van der Waals surface area contributed by atoms with E-state index in [4.69, 9.17) is 0 Å². The van der Waals surface area contributed by atoms with Gasteiger partial charge in [0.25, 0.3) is 0 Å². The molecule has 1 aromatic rings. The van der Waals surface area contributed by atoms with Crippen LogP contribution in [0.15, 0.2) is 23.1 Å². The number of sulfone groups is 1. The second-order valence-electron chi connectivity index (χ2n) is 6.51. The molecule has 1 amide bonds. The highest BCUT2D eigenvalue weighted by atomic mass is 32.2. The first kappa shape index (κ1) is 16.4. The number of sulfonamides is 1. The number of benzene rings is 1. The van der Waals surface area contributed by atoms with Crippen LogP contribution in [-0.2, 0) is 30.1 Å². The van der Waals surface area contributed by atoms with Crippen molar-refractivity contribution in [3.8, 4) is 0 Å². The van der Waals surface area contributed by atoms with Crippen LogP contribution in [0.5, 0.6) is 0 Å². The monoisotopic (exact) mass is 358 g/mol. The molecule has 2 aliphatic heterocycles. The van der Waals surface area contributed by atoms with Crippen LogP contribution >= 0.6 is 0 Å². The van der Waals surface area contributed by atoms with E-state index in [0.29, 0.717) is 11.3 Å². The summed E-state index contributed by atoms with van der Waals surface area (Å²) in [4.78, 5) is 12.0. The Morgan fingerprint density at radius 2 is 2.00 bits per heavy atom. The van der Waals surface area contributed by atoms with Crippen LogP contribution in [0.3, 0.4) is 0 Å². The third-order valence-electron chi connectivity index (χ3n) is 4.34. The smallest absolute Gasteiger partial charge is 0.240 e. The summed E-state index contributed by atoms with van der Waals surface area (Å²) in [6.07, 6.45) is 0.276. The molecular weight excluding hydrogens is 340 g/mol. The minimum atomic E-state index is -3.84. The summed E-state index contributed by atoms with van der Waals surface area (Å²) >= 11 is 0. The van der Waals surface area contributed by atoms with Gasteiger partial charge in [0.05, 0.1) is 21.8 Å². The van der Waals surface area contributed by atoms with E-state index in [9.17, 15) is 21.6 Å². The predicted octanol–water partition coefficient (Wildman–Crippen LogP) is 0.382. The third-order valence-corrected chi connectivity index (χ3v) is 7.63. The van der Waals surface area contributed by atoms with E-state index in [1.807, 2.05) is 0 Å². The largest absolute Gasteiger partial charge is 0.325 e. The lowest BCUT2D eigenvalue weighted by molar-refractivity contribution is -0.119. The summed E-state index contributed by atoms with van der Waals surface area (Å²) in [7, 11) is -7.00. The van der Waals surface area contributed by atoms with Gasteiger partial charge in [-0.3, -0.25) is 4.79 Å². The van der Waals surface area contributed by atoms with Crippen molar-refractivity contribution in [1.29, 1.82) is 0 Å². The van der Waals surface area contributed by atoms with Gasteiger partial charge in [-0.15, -0.1) is 0 Å². The molecule has 1 fully saturated rings. The Bertz CT molecular complexity index is 888. The molecule has 0 aromatic heterocycles. The fourth-order valence-corrected chi connectivity index (χ4v) is 5.97. The van der Waals surface area contributed by atoms with Crippen molar-refractivity contribution in [3.63, 3.8) is 0 Å². The Hall–Kier alpha value is -1.45. The molecule has 0 aliphatic carbocycles. The molecule has 0 bridgehead atoms. The third kappa shape index (κ3) is 2.88. The lowest BCUT2D eigenvalue weighted by Crippen LogP contribution is -2.35. The average Bonchev–Trinajstić information content (AvgIpc) is 2.87. The first-order valence-electron chi connectivity index (χ1n) is 7.20. The summed E-state index contributed by atoms with van der Waals surface area (Å²) in [5.74, 6) is -0.365. The maximum Gasteiger partial charge on any atom is 0.240 e. The second kappa shape index (κ2) is 5.02. The summed E-state index contributed by atoms with van der Waals surface area (Å²) in [6, 6.07) is 3.83. The van der Waals surface area contributed by atoms with E-state index in [0.717, 1.165) is 0 Å². The maximum atomic E-state index is 12.5. The molecule has 0 radical (unpaired) electrons. The van der Waals surface area contributed by atoms with Gasteiger partial charge in [-0.05, 0) is 44.0 Å². The number of fused-ring (bicyclic) bond motifs is 1. The van der Waals surface area contributed by atoms with Crippen LogP contribution < -0.4 is 10.0 Å². The highest BCUT2D eigenvalue weighted by Crippen LogP contribution is 2.38. The number of amides is 1. The first-order valence-corrected chi connectivity index (χ1v) is 10.5. The fourth-order valence-electron chi connectivity index (χ4n) is 2.89. The molecule has 0 saturated carbocycles. The first-order chi connectivity index (χ1) is 10.5. The molecule has 23 heavy (non-hydrogen) atoms. The van der Waals surface area contributed by atoms with Crippen LogP contribution in [0.2, 0.25) is 0 Å². The summed E-state index contributed by atoms with van der Waals surface area (Å²) in [5, 5.41) is 2.72. The van der Waals surface area contributed by atoms with E-state index < -0.39 is 31.3 Å². The lowest BCUT2D eigenvalue weighted by Gasteiger charge is -2.17. The fraction of sp³-hybridized carbons (Fsp3) is 0.500. The van der Waals surface area contributed by atoms with E-state index in [1.54, 1.807) is 19.9 Å². The van der Waals surface area contributed by atoms with Crippen molar-refractivity contribution in [1.82, 2.24) is 4.72 Å². The van der Waals surface area contributed by atoms with Crippen molar-refractivity contribution in [2.75, 3.05) is 16.8 Å². The number of carbonyl (C=O) groups is 1. The predicted molar refractivity (Wildman–Crippen MR) is 85.5 cm³/mol. The molecule has 126 valence electrons. The molecule has 0 unspecified atom stereocenters. The van der Waals surface area contributed by atoms with Gasteiger partial charge in [0.2, 0.25) is 15.9 Å². The summed E-state index contributed by atoms with van der Waals surface area (Å²) < 4.78 is 50.3. The molecule has 1 saturated heterocycles. The van der Waals surface area contributed by atoms with Crippen LogP contribution in [0.1, 0.15) is 25.8 Å². The zero-order chi connectivity index (χ0) is 17.0. The zero-order valence-electron chi connectivity index (χ0n) is 12.8. The molecule has 2 aliphatic rings. The topological polar surface area (TPSA) is 109 Å². The summed E-state index contributed by atoms with van der Waals surface area (Å²) in [5.41, 5.74) is 0.407. The van der Waals surface area contributed by atoms with Gasteiger partial charge in [0, 0.05) is 11.7 Å². The number of nitrogens with one attached hydrogen (secondary N) is 2. The normalized spacial score (nSPS) is 25.1. The minimum Gasteiger partial charge on any atom is -0.325 e. The molecule has 1 aromatic carbocycles. The molecular formula is C14H18N2O5S2. The quantitative estimate of drug-likeness (QED) is 0.812. The number of carbonyl (C=O) groups excluding carboxylic acids is 1. The Kier molecular flexibility index (Phi) is 3.58. The van der Waals surface area contributed by atoms with E-state index in [1.165, 1.54) is 12.1 Å². The SMILES string of the molecule is CC1(C)C(=O)Nc2ccc(S(=O)(=O)N[C@@H]3CCS(=O)(=O)C3)cc21. The highest BCUT2D eigenvalue weighted by Gasteiger charge is 2.39. The molecule has 7 nitrogen and oxygen atoms in total. The number of hydrogen-bond donors (Lipinski definition) is 2. The van der Waals surface area contributed by atoms with Gasteiger partial charge in [0.15, 0.2) is 9.84 Å². The maximum absolute atomic E-state index is 12.5. The van der Waals surface area contributed by atoms with Gasteiger partial charge in [-0.2, -0.15) is 0 Å². The Morgan fingerprint density at radius 1 is 1.30 bits per heavy atom. The van der Waals surface area contributed by atoms with Gasteiger partial charge < -0.3 is 5.32 Å². The van der Waals surface area contributed by atoms with Gasteiger partial charge >= 0.3 is 0 Å². The van der Waals surface area contributed by atoms with Gasteiger partial charge in [-0.25, -0.2) is 21.6 Å². The van der Waals surface area contributed by atoms with Crippen molar-refractivity contribution in [2.45, 2.75) is 36.6 Å². The van der Waals surface area contributed by atoms with Crippen LogP contribution in [0.4, 0.5) is 5.69 Å². The Balaban J connectivity index is 1.91. The van der Waals surface area contributed by atoms with E-state index >= 15 is 0 Å². The number of anilines is 1. The molecule has 2 heterocycles. The Morgan fingerprint density at radius 3 is 2.61 bits per heavy atom. The number of hydrogen-bond acceptors (Lipinski definition) is 5. The van der Waals surface area contributed by atoms with Crippen LogP contribution in [-0.4, -0.2) is 40.3 Å².